The summed E-state index contributed by atoms with van der Waals surface area (Å²) in [4.78, 5) is 4.12. The van der Waals surface area contributed by atoms with E-state index in [9.17, 15) is 0 Å². The summed E-state index contributed by atoms with van der Waals surface area (Å²) >= 11 is 0. The molecule has 0 amide bonds. The second-order valence-corrected chi connectivity index (χ2v) is 3.46. The van der Waals surface area contributed by atoms with Crippen molar-refractivity contribution in [2.75, 3.05) is 0 Å². The third-order valence-corrected chi connectivity index (χ3v) is 2.19. The van der Waals surface area contributed by atoms with E-state index in [-0.39, 0.29) is 6.04 Å². The number of aryl methyl sites for hydroxylation is 1. The highest BCUT2D eigenvalue weighted by Crippen LogP contribution is 2.14. The average Bonchev–Trinajstić information content (AvgIpc) is 2.65. The summed E-state index contributed by atoms with van der Waals surface area (Å²) in [5.41, 5.74) is 7.09. The third-order valence-electron chi connectivity index (χ3n) is 2.19. The molecule has 1 aromatic carbocycles. The van der Waals surface area contributed by atoms with Crippen LogP contribution in [0.1, 0.15) is 23.3 Å². The molecule has 0 radical (unpaired) electrons. The first-order valence-corrected chi connectivity index (χ1v) is 4.85. The highest BCUT2D eigenvalue weighted by molar-refractivity contribution is 5.19. The number of hydrogen-bond donors (Lipinski definition) is 1. The Morgan fingerprint density at radius 3 is 2.67 bits per heavy atom. The Balaban J connectivity index is 2.07. The van der Waals surface area contributed by atoms with Crippen molar-refractivity contribution in [3.05, 3.63) is 47.6 Å². The molecule has 4 nitrogen and oxygen atoms in total. The quantitative estimate of drug-likeness (QED) is 0.823. The number of aromatic nitrogens is 2. The Morgan fingerprint density at radius 2 is 2.07 bits per heavy atom. The number of hydrogen-bond acceptors (Lipinski definition) is 4. The molecule has 0 aliphatic rings. The molecule has 0 aliphatic heterocycles. The van der Waals surface area contributed by atoms with Gasteiger partial charge in [0.1, 0.15) is 0 Å². The van der Waals surface area contributed by atoms with Crippen LogP contribution in [0.15, 0.2) is 34.9 Å². The van der Waals surface area contributed by atoms with Crippen molar-refractivity contribution in [1.82, 2.24) is 10.1 Å². The molecule has 2 aromatic rings. The molecule has 4 heteroatoms. The molecule has 15 heavy (non-hydrogen) atoms. The Labute approximate surface area is 88.1 Å². The molecular formula is C11H13N3O. The minimum atomic E-state index is -0.0916. The average molecular weight is 203 g/mol. The van der Waals surface area contributed by atoms with Crippen LogP contribution in [0.3, 0.4) is 0 Å². The van der Waals surface area contributed by atoms with Gasteiger partial charge in [0.05, 0.1) is 0 Å². The van der Waals surface area contributed by atoms with Gasteiger partial charge in [0.2, 0.25) is 5.89 Å². The molecule has 1 heterocycles. The zero-order valence-electron chi connectivity index (χ0n) is 8.55. The van der Waals surface area contributed by atoms with Crippen molar-refractivity contribution in [3.8, 4) is 0 Å². The van der Waals surface area contributed by atoms with E-state index < -0.39 is 0 Å². The molecule has 0 bridgehead atoms. The monoisotopic (exact) mass is 203 g/mol. The Morgan fingerprint density at radius 1 is 1.33 bits per heavy atom. The Bertz CT molecular complexity index is 424. The number of nitrogens with zero attached hydrogens (tertiary/aromatic N) is 2. The van der Waals surface area contributed by atoms with Gasteiger partial charge in [-0.25, -0.2) is 0 Å². The van der Waals surface area contributed by atoms with Crippen molar-refractivity contribution >= 4 is 0 Å². The first kappa shape index (κ1) is 9.86. The minimum absolute atomic E-state index is 0.0916. The maximum atomic E-state index is 6.01. The molecular weight excluding hydrogens is 190 g/mol. The molecule has 1 aromatic heterocycles. The summed E-state index contributed by atoms with van der Waals surface area (Å²) in [5, 5.41) is 3.72. The fourth-order valence-corrected chi connectivity index (χ4v) is 1.43. The molecule has 0 saturated carbocycles. The van der Waals surface area contributed by atoms with Gasteiger partial charge in [-0.05, 0) is 12.5 Å². The second-order valence-electron chi connectivity index (χ2n) is 3.46. The smallest absolute Gasteiger partial charge is 0.228 e. The van der Waals surface area contributed by atoms with Gasteiger partial charge in [0.15, 0.2) is 5.82 Å². The summed E-state index contributed by atoms with van der Waals surface area (Å²) in [5.74, 6) is 1.23. The van der Waals surface area contributed by atoms with Crippen molar-refractivity contribution in [1.29, 1.82) is 0 Å². The van der Waals surface area contributed by atoms with Crippen molar-refractivity contribution < 1.29 is 4.52 Å². The molecule has 2 rings (SSSR count). The summed E-state index contributed by atoms with van der Waals surface area (Å²) < 4.78 is 5.02. The third kappa shape index (κ3) is 2.41. The second kappa shape index (κ2) is 4.23. The van der Waals surface area contributed by atoms with Crippen LogP contribution < -0.4 is 5.73 Å². The number of rotatable bonds is 3. The molecule has 0 aliphatic carbocycles. The first-order valence-electron chi connectivity index (χ1n) is 4.85. The molecule has 0 spiro atoms. The van der Waals surface area contributed by atoms with Crippen LogP contribution in [0.4, 0.5) is 0 Å². The molecule has 2 N–H and O–H groups in total. The lowest BCUT2D eigenvalue weighted by molar-refractivity contribution is 0.366. The zero-order valence-corrected chi connectivity index (χ0v) is 8.55. The lowest BCUT2D eigenvalue weighted by Crippen LogP contribution is -2.13. The number of nitrogens with two attached hydrogens (primary N) is 1. The fraction of sp³-hybridized carbons (Fsp3) is 0.273. The van der Waals surface area contributed by atoms with Crippen LogP contribution in [-0.2, 0) is 6.42 Å². The van der Waals surface area contributed by atoms with Crippen LogP contribution in [0.5, 0.6) is 0 Å². The summed E-state index contributed by atoms with van der Waals surface area (Å²) in [6.07, 6.45) is 0.574. The highest BCUT2D eigenvalue weighted by atomic mass is 16.5. The molecule has 1 unspecified atom stereocenters. The summed E-state index contributed by atoms with van der Waals surface area (Å²) in [6.45, 7) is 1.79. The van der Waals surface area contributed by atoms with E-state index in [4.69, 9.17) is 10.3 Å². The van der Waals surface area contributed by atoms with Gasteiger partial charge < -0.3 is 10.3 Å². The maximum absolute atomic E-state index is 6.01. The van der Waals surface area contributed by atoms with E-state index in [1.54, 1.807) is 6.92 Å². The van der Waals surface area contributed by atoms with E-state index in [1.807, 2.05) is 30.3 Å². The molecule has 0 fully saturated rings. The summed E-state index contributed by atoms with van der Waals surface area (Å²) in [6, 6.07) is 9.79. The van der Waals surface area contributed by atoms with Crippen molar-refractivity contribution in [2.24, 2.45) is 5.73 Å². The maximum Gasteiger partial charge on any atom is 0.228 e. The zero-order chi connectivity index (χ0) is 10.7. The van der Waals surface area contributed by atoms with E-state index in [0.29, 0.717) is 18.1 Å². The number of benzene rings is 1. The van der Waals surface area contributed by atoms with E-state index in [2.05, 4.69) is 10.1 Å². The Hall–Kier alpha value is -1.68. The summed E-state index contributed by atoms with van der Waals surface area (Å²) in [7, 11) is 0. The molecule has 0 saturated heterocycles. The van der Waals surface area contributed by atoms with E-state index in [0.717, 1.165) is 5.56 Å². The SMILES string of the molecule is Cc1noc(CC(N)c2ccccc2)n1. The van der Waals surface area contributed by atoms with E-state index >= 15 is 0 Å². The van der Waals surface area contributed by atoms with Crippen LogP contribution in [0, 0.1) is 6.92 Å². The highest BCUT2D eigenvalue weighted by Gasteiger charge is 2.10. The standard InChI is InChI=1S/C11H13N3O/c1-8-13-11(15-14-8)7-10(12)9-5-3-2-4-6-9/h2-6,10H,7,12H2,1H3. The first-order chi connectivity index (χ1) is 7.25. The lowest BCUT2D eigenvalue weighted by atomic mass is 10.1. The lowest BCUT2D eigenvalue weighted by Gasteiger charge is -2.08. The van der Waals surface area contributed by atoms with E-state index in [1.165, 1.54) is 0 Å². The van der Waals surface area contributed by atoms with Gasteiger partial charge in [0, 0.05) is 12.5 Å². The molecule has 78 valence electrons. The largest absolute Gasteiger partial charge is 0.339 e. The minimum Gasteiger partial charge on any atom is -0.339 e. The van der Waals surface area contributed by atoms with Gasteiger partial charge in [0.25, 0.3) is 0 Å². The fourth-order valence-electron chi connectivity index (χ4n) is 1.43. The van der Waals surface area contributed by atoms with Crippen LogP contribution in [0.2, 0.25) is 0 Å². The van der Waals surface area contributed by atoms with Gasteiger partial charge in [-0.2, -0.15) is 4.98 Å². The van der Waals surface area contributed by atoms with Gasteiger partial charge in [-0.3, -0.25) is 0 Å². The van der Waals surface area contributed by atoms with Crippen LogP contribution >= 0.6 is 0 Å². The predicted molar refractivity (Wildman–Crippen MR) is 56.1 cm³/mol. The predicted octanol–water partition coefficient (Wildman–Crippen LogP) is 1.62. The Kier molecular flexibility index (Phi) is 2.78. The van der Waals surface area contributed by atoms with Crippen molar-refractivity contribution in [2.45, 2.75) is 19.4 Å². The van der Waals surface area contributed by atoms with Crippen LogP contribution in [0.25, 0.3) is 0 Å². The van der Waals surface area contributed by atoms with Crippen molar-refractivity contribution in [3.63, 3.8) is 0 Å². The van der Waals surface area contributed by atoms with Crippen LogP contribution in [-0.4, -0.2) is 10.1 Å². The van der Waals surface area contributed by atoms with Gasteiger partial charge in [-0.15, -0.1) is 0 Å². The van der Waals surface area contributed by atoms with Gasteiger partial charge in [-0.1, -0.05) is 35.5 Å². The van der Waals surface area contributed by atoms with Gasteiger partial charge >= 0.3 is 0 Å². The topological polar surface area (TPSA) is 64.9 Å². The normalized spacial score (nSPS) is 12.7. The molecule has 1 atom stereocenters.